The lowest BCUT2D eigenvalue weighted by Crippen LogP contribution is -2.18. The summed E-state index contributed by atoms with van der Waals surface area (Å²) in [5.74, 6) is 0.0109. The van der Waals surface area contributed by atoms with Gasteiger partial charge in [-0.15, -0.1) is 0 Å². The molecule has 1 rings (SSSR count). The zero-order valence-corrected chi connectivity index (χ0v) is 12.8. The highest BCUT2D eigenvalue weighted by Gasteiger charge is 2.13. The van der Waals surface area contributed by atoms with E-state index in [2.05, 4.69) is 0 Å². The SMILES string of the molecule is CCCC(=O)OC1CCCCCCCCCCCC1. The minimum atomic E-state index is 0.0109. The van der Waals surface area contributed by atoms with Crippen LogP contribution in [0.5, 0.6) is 0 Å². The van der Waals surface area contributed by atoms with Gasteiger partial charge in [0.15, 0.2) is 0 Å². The van der Waals surface area contributed by atoms with Gasteiger partial charge in [-0.3, -0.25) is 4.79 Å². The first-order valence-electron chi connectivity index (χ1n) is 8.52. The Bertz CT molecular complexity index is 211. The molecule has 1 fully saturated rings. The van der Waals surface area contributed by atoms with E-state index < -0.39 is 0 Å². The summed E-state index contributed by atoms with van der Waals surface area (Å²) in [7, 11) is 0. The predicted octanol–water partition coefficient (Wildman–Crippen LogP) is 5.39. The molecule has 2 heteroatoms. The van der Waals surface area contributed by atoms with Crippen molar-refractivity contribution >= 4 is 5.97 Å². The summed E-state index contributed by atoms with van der Waals surface area (Å²) >= 11 is 0. The van der Waals surface area contributed by atoms with Gasteiger partial charge in [-0.05, 0) is 32.1 Å². The molecule has 0 aromatic heterocycles. The molecule has 112 valence electrons. The summed E-state index contributed by atoms with van der Waals surface area (Å²) in [6.45, 7) is 2.03. The van der Waals surface area contributed by atoms with E-state index in [0.717, 1.165) is 19.3 Å². The molecule has 19 heavy (non-hydrogen) atoms. The van der Waals surface area contributed by atoms with Crippen LogP contribution in [0.1, 0.15) is 96.8 Å². The predicted molar refractivity (Wildman–Crippen MR) is 80.2 cm³/mol. The first kappa shape index (κ1) is 16.5. The number of rotatable bonds is 3. The first-order chi connectivity index (χ1) is 9.33. The maximum atomic E-state index is 11.6. The highest BCUT2D eigenvalue weighted by atomic mass is 16.5. The van der Waals surface area contributed by atoms with Crippen LogP contribution in [0.4, 0.5) is 0 Å². The fourth-order valence-corrected chi connectivity index (χ4v) is 2.87. The average molecular weight is 268 g/mol. The normalized spacial score (nSPS) is 20.9. The Morgan fingerprint density at radius 1 is 0.842 bits per heavy atom. The third-order valence-corrected chi connectivity index (χ3v) is 4.05. The van der Waals surface area contributed by atoms with Gasteiger partial charge in [0.05, 0.1) is 0 Å². The summed E-state index contributed by atoms with van der Waals surface area (Å²) in [5, 5.41) is 0. The maximum Gasteiger partial charge on any atom is 0.306 e. The molecule has 0 saturated heterocycles. The topological polar surface area (TPSA) is 26.3 Å². The van der Waals surface area contributed by atoms with E-state index in [1.54, 1.807) is 0 Å². The lowest BCUT2D eigenvalue weighted by atomic mass is 10.0. The maximum absolute atomic E-state index is 11.6. The third-order valence-electron chi connectivity index (χ3n) is 4.05. The van der Waals surface area contributed by atoms with Crippen molar-refractivity contribution in [3.05, 3.63) is 0 Å². The Hall–Kier alpha value is -0.530. The zero-order chi connectivity index (χ0) is 13.8. The molecule has 0 N–H and O–H groups in total. The molecule has 1 aliphatic rings. The standard InChI is InChI=1S/C17H32O2/c1-2-13-17(18)19-16-14-11-9-7-5-3-4-6-8-10-12-15-16/h16H,2-15H2,1H3. The van der Waals surface area contributed by atoms with Gasteiger partial charge in [-0.2, -0.15) is 0 Å². The van der Waals surface area contributed by atoms with Crippen LogP contribution in [-0.2, 0) is 9.53 Å². The Morgan fingerprint density at radius 3 is 1.68 bits per heavy atom. The van der Waals surface area contributed by atoms with Crippen LogP contribution in [0, 0.1) is 0 Å². The van der Waals surface area contributed by atoms with Crippen molar-refractivity contribution in [2.24, 2.45) is 0 Å². The number of hydrogen-bond acceptors (Lipinski definition) is 2. The quantitative estimate of drug-likeness (QED) is 0.641. The number of hydrogen-bond donors (Lipinski definition) is 0. The van der Waals surface area contributed by atoms with Gasteiger partial charge in [0.2, 0.25) is 0 Å². The molecular formula is C17H32O2. The molecule has 0 aromatic carbocycles. The molecule has 0 unspecified atom stereocenters. The molecule has 1 aliphatic carbocycles. The van der Waals surface area contributed by atoms with Crippen LogP contribution in [-0.4, -0.2) is 12.1 Å². The smallest absolute Gasteiger partial charge is 0.306 e. The van der Waals surface area contributed by atoms with Crippen LogP contribution >= 0.6 is 0 Å². The van der Waals surface area contributed by atoms with Crippen molar-refractivity contribution in [1.82, 2.24) is 0 Å². The summed E-state index contributed by atoms with van der Waals surface area (Å²) in [6.07, 6.45) is 17.2. The van der Waals surface area contributed by atoms with Crippen molar-refractivity contribution in [3.8, 4) is 0 Å². The van der Waals surface area contributed by atoms with E-state index in [1.807, 2.05) is 6.92 Å². The summed E-state index contributed by atoms with van der Waals surface area (Å²) < 4.78 is 5.63. The van der Waals surface area contributed by atoms with E-state index >= 15 is 0 Å². The second-order valence-corrected chi connectivity index (χ2v) is 5.97. The minimum Gasteiger partial charge on any atom is -0.462 e. The molecule has 0 atom stereocenters. The fraction of sp³-hybridized carbons (Fsp3) is 0.941. The van der Waals surface area contributed by atoms with E-state index in [-0.39, 0.29) is 12.1 Å². The van der Waals surface area contributed by atoms with Gasteiger partial charge in [0.1, 0.15) is 6.10 Å². The van der Waals surface area contributed by atoms with Gasteiger partial charge in [0, 0.05) is 6.42 Å². The molecule has 0 heterocycles. The van der Waals surface area contributed by atoms with Crippen LogP contribution in [0.25, 0.3) is 0 Å². The third kappa shape index (κ3) is 9.07. The number of ether oxygens (including phenoxy) is 1. The monoisotopic (exact) mass is 268 g/mol. The van der Waals surface area contributed by atoms with Crippen LogP contribution in [0.3, 0.4) is 0 Å². The summed E-state index contributed by atoms with van der Waals surface area (Å²) in [5.41, 5.74) is 0. The summed E-state index contributed by atoms with van der Waals surface area (Å²) in [4.78, 5) is 11.6. The van der Waals surface area contributed by atoms with Gasteiger partial charge in [-0.25, -0.2) is 0 Å². The van der Waals surface area contributed by atoms with Crippen LogP contribution in [0.15, 0.2) is 0 Å². The molecular weight excluding hydrogens is 236 g/mol. The van der Waals surface area contributed by atoms with E-state index in [4.69, 9.17) is 4.74 Å². The molecule has 0 amide bonds. The van der Waals surface area contributed by atoms with Gasteiger partial charge >= 0.3 is 5.97 Å². The minimum absolute atomic E-state index is 0.0109. The first-order valence-corrected chi connectivity index (χ1v) is 8.52. The molecule has 0 aromatic rings. The molecule has 0 bridgehead atoms. The lowest BCUT2D eigenvalue weighted by Gasteiger charge is -2.17. The number of carbonyl (C=O) groups is 1. The Balaban J connectivity index is 2.30. The van der Waals surface area contributed by atoms with Crippen molar-refractivity contribution in [2.75, 3.05) is 0 Å². The highest BCUT2D eigenvalue weighted by Crippen LogP contribution is 2.19. The fourth-order valence-electron chi connectivity index (χ4n) is 2.87. The molecule has 0 spiro atoms. The van der Waals surface area contributed by atoms with Crippen LogP contribution < -0.4 is 0 Å². The Labute approximate surface area is 119 Å². The van der Waals surface area contributed by atoms with Crippen molar-refractivity contribution in [3.63, 3.8) is 0 Å². The van der Waals surface area contributed by atoms with Gasteiger partial charge < -0.3 is 4.74 Å². The summed E-state index contributed by atoms with van der Waals surface area (Å²) in [6, 6.07) is 0. The Morgan fingerprint density at radius 2 is 1.26 bits per heavy atom. The molecule has 2 nitrogen and oxygen atoms in total. The van der Waals surface area contributed by atoms with Crippen molar-refractivity contribution in [1.29, 1.82) is 0 Å². The van der Waals surface area contributed by atoms with Gasteiger partial charge in [0.25, 0.3) is 0 Å². The van der Waals surface area contributed by atoms with Crippen molar-refractivity contribution < 1.29 is 9.53 Å². The highest BCUT2D eigenvalue weighted by molar-refractivity contribution is 5.69. The number of esters is 1. The van der Waals surface area contributed by atoms with Crippen molar-refractivity contribution in [2.45, 2.75) is 103 Å². The molecule has 1 saturated carbocycles. The van der Waals surface area contributed by atoms with E-state index in [9.17, 15) is 4.79 Å². The zero-order valence-electron chi connectivity index (χ0n) is 12.8. The van der Waals surface area contributed by atoms with Gasteiger partial charge in [-0.1, -0.05) is 58.3 Å². The second-order valence-electron chi connectivity index (χ2n) is 5.97. The van der Waals surface area contributed by atoms with E-state index in [0.29, 0.717) is 6.42 Å². The average Bonchev–Trinajstić information content (AvgIpc) is 2.41. The lowest BCUT2D eigenvalue weighted by molar-refractivity contribution is -0.149. The van der Waals surface area contributed by atoms with Crippen LogP contribution in [0.2, 0.25) is 0 Å². The molecule has 0 radical (unpaired) electrons. The second kappa shape index (κ2) is 11.3. The largest absolute Gasteiger partial charge is 0.462 e. The van der Waals surface area contributed by atoms with E-state index in [1.165, 1.54) is 64.2 Å². The number of carbonyl (C=O) groups excluding carboxylic acids is 1. The molecule has 0 aliphatic heterocycles. The Kier molecular flexibility index (Phi) is 9.84.